The highest BCUT2D eigenvalue weighted by Crippen LogP contribution is 2.20. The van der Waals surface area contributed by atoms with Crippen LogP contribution in [0.4, 0.5) is 5.69 Å². The van der Waals surface area contributed by atoms with Gasteiger partial charge in [0.15, 0.2) is 6.61 Å². The lowest BCUT2D eigenvalue weighted by Crippen LogP contribution is -2.18. The van der Waals surface area contributed by atoms with Crippen LogP contribution in [0, 0.1) is 11.3 Å². The van der Waals surface area contributed by atoms with E-state index in [9.17, 15) is 0 Å². The average Bonchev–Trinajstić information content (AvgIpc) is 2.37. The van der Waals surface area contributed by atoms with Crippen LogP contribution in [0.1, 0.15) is 39.5 Å². The van der Waals surface area contributed by atoms with Crippen molar-refractivity contribution in [3.63, 3.8) is 0 Å². The van der Waals surface area contributed by atoms with Crippen molar-refractivity contribution in [1.82, 2.24) is 0 Å². The highest BCUT2D eigenvalue weighted by atomic mass is 16.5. The third-order valence-corrected chi connectivity index (χ3v) is 2.78. The van der Waals surface area contributed by atoms with Gasteiger partial charge in [-0.3, -0.25) is 0 Å². The molecule has 0 fully saturated rings. The van der Waals surface area contributed by atoms with Gasteiger partial charge in [-0.1, -0.05) is 32.8 Å². The molecule has 0 bridgehead atoms. The summed E-state index contributed by atoms with van der Waals surface area (Å²) in [5.41, 5.74) is 1.07. The number of nitrogens with zero attached hydrogens (tertiary/aromatic N) is 1. The number of anilines is 1. The molecule has 0 amide bonds. The van der Waals surface area contributed by atoms with Gasteiger partial charge >= 0.3 is 0 Å². The van der Waals surface area contributed by atoms with Crippen LogP contribution in [0.3, 0.4) is 0 Å². The van der Waals surface area contributed by atoms with E-state index in [1.165, 1.54) is 25.7 Å². The van der Waals surface area contributed by atoms with Crippen LogP contribution in [0.15, 0.2) is 24.3 Å². The van der Waals surface area contributed by atoms with Gasteiger partial charge in [-0.15, -0.1) is 0 Å². The van der Waals surface area contributed by atoms with Crippen LogP contribution in [-0.4, -0.2) is 12.6 Å². The van der Waals surface area contributed by atoms with Gasteiger partial charge in [-0.2, -0.15) is 5.26 Å². The van der Waals surface area contributed by atoms with Crippen LogP contribution in [0.2, 0.25) is 0 Å². The molecule has 0 aromatic heterocycles. The molecule has 0 aliphatic rings. The van der Waals surface area contributed by atoms with E-state index < -0.39 is 0 Å². The van der Waals surface area contributed by atoms with E-state index in [4.69, 9.17) is 10.00 Å². The van der Waals surface area contributed by atoms with Gasteiger partial charge in [-0.25, -0.2) is 0 Å². The number of ether oxygens (including phenoxy) is 1. The molecular weight excluding hydrogens is 224 g/mol. The molecule has 0 atom stereocenters. The second kappa shape index (κ2) is 8.41. The maximum absolute atomic E-state index is 8.49. The molecule has 0 saturated heterocycles. The number of hydrogen-bond acceptors (Lipinski definition) is 3. The average molecular weight is 246 g/mol. The monoisotopic (exact) mass is 246 g/mol. The second-order valence-electron chi connectivity index (χ2n) is 4.39. The van der Waals surface area contributed by atoms with E-state index in [2.05, 4.69) is 19.2 Å². The van der Waals surface area contributed by atoms with E-state index in [1.807, 2.05) is 30.3 Å². The summed E-state index contributed by atoms with van der Waals surface area (Å²) in [4.78, 5) is 0. The summed E-state index contributed by atoms with van der Waals surface area (Å²) >= 11 is 0. The SMILES string of the molecule is CCCC(CCC)Nc1cccc(OCC#N)c1. The van der Waals surface area contributed by atoms with E-state index in [-0.39, 0.29) is 6.61 Å². The van der Waals surface area contributed by atoms with Crippen LogP contribution in [0.25, 0.3) is 0 Å². The summed E-state index contributed by atoms with van der Waals surface area (Å²) in [5.74, 6) is 0.744. The Bertz CT molecular complexity index is 378. The summed E-state index contributed by atoms with van der Waals surface area (Å²) < 4.78 is 5.30. The molecular formula is C15H22N2O. The predicted molar refractivity (Wildman–Crippen MR) is 74.8 cm³/mol. The molecule has 0 heterocycles. The number of benzene rings is 1. The van der Waals surface area contributed by atoms with Crippen molar-refractivity contribution in [2.75, 3.05) is 11.9 Å². The van der Waals surface area contributed by atoms with Gasteiger partial charge in [0.05, 0.1) is 0 Å². The van der Waals surface area contributed by atoms with Crippen LogP contribution >= 0.6 is 0 Å². The highest BCUT2D eigenvalue weighted by molar-refractivity contribution is 5.48. The Hall–Kier alpha value is -1.69. The van der Waals surface area contributed by atoms with Crippen molar-refractivity contribution in [2.24, 2.45) is 0 Å². The lowest BCUT2D eigenvalue weighted by molar-refractivity contribution is 0.368. The third-order valence-electron chi connectivity index (χ3n) is 2.78. The number of nitriles is 1. The van der Waals surface area contributed by atoms with Crippen molar-refractivity contribution in [3.05, 3.63) is 24.3 Å². The number of nitrogens with one attached hydrogen (secondary N) is 1. The first-order valence-corrected chi connectivity index (χ1v) is 6.66. The van der Waals surface area contributed by atoms with Gasteiger partial charge in [0.25, 0.3) is 0 Å². The minimum Gasteiger partial charge on any atom is -0.479 e. The standard InChI is InChI=1S/C15H22N2O/c1-3-6-13(7-4-2)17-14-8-5-9-15(12-14)18-11-10-16/h5,8-9,12-13,17H,3-4,6-7,11H2,1-2H3. The normalized spacial score (nSPS) is 10.1. The number of hydrogen-bond donors (Lipinski definition) is 1. The summed E-state index contributed by atoms with van der Waals surface area (Å²) in [6, 6.07) is 10.3. The van der Waals surface area contributed by atoms with Crippen molar-refractivity contribution >= 4 is 5.69 Å². The van der Waals surface area contributed by atoms with Crippen LogP contribution in [0.5, 0.6) is 5.75 Å². The molecule has 1 aromatic carbocycles. The minimum absolute atomic E-state index is 0.0940. The fraction of sp³-hybridized carbons (Fsp3) is 0.533. The van der Waals surface area contributed by atoms with Crippen molar-refractivity contribution in [3.8, 4) is 11.8 Å². The molecule has 98 valence electrons. The van der Waals surface area contributed by atoms with Crippen LogP contribution in [-0.2, 0) is 0 Å². The minimum atomic E-state index is 0.0940. The lowest BCUT2D eigenvalue weighted by atomic mass is 10.1. The largest absolute Gasteiger partial charge is 0.479 e. The zero-order chi connectivity index (χ0) is 13.2. The molecule has 1 rings (SSSR count). The van der Waals surface area contributed by atoms with E-state index in [0.717, 1.165) is 11.4 Å². The third kappa shape index (κ3) is 5.09. The van der Waals surface area contributed by atoms with Gasteiger partial charge in [0.1, 0.15) is 11.8 Å². The first-order chi connectivity index (χ1) is 8.80. The molecule has 0 aliphatic heterocycles. The number of rotatable bonds is 8. The first-order valence-electron chi connectivity index (χ1n) is 6.66. The Morgan fingerprint density at radius 1 is 1.28 bits per heavy atom. The summed E-state index contributed by atoms with van der Waals surface area (Å²) in [6.45, 7) is 4.50. The zero-order valence-electron chi connectivity index (χ0n) is 11.3. The Labute approximate surface area is 110 Å². The Balaban J connectivity index is 2.61. The summed E-state index contributed by atoms with van der Waals surface area (Å²) in [7, 11) is 0. The molecule has 0 spiro atoms. The van der Waals surface area contributed by atoms with E-state index >= 15 is 0 Å². The van der Waals surface area contributed by atoms with Crippen LogP contribution < -0.4 is 10.1 Å². The fourth-order valence-electron chi connectivity index (χ4n) is 2.01. The van der Waals surface area contributed by atoms with E-state index in [1.54, 1.807) is 0 Å². The predicted octanol–water partition coefficient (Wildman–Crippen LogP) is 3.97. The molecule has 3 nitrogen and oxygen atoms in total. The van der Waals surface area contributed by atoms with Crippen molar-refractivity contribution < 1.29 is 4.74 Å². The molecule has 3 heteroatoms. The highest BCUT2D eigenvalue weighted by Gasteiger charge is 2.06. The Kier molecular flexibility index (Phi) is 6.71. The molecule has 0 saturated carbocycles. The Morgan fingerprint density at radius 2 is 2.00 bits per heavy atom. The molecule has 1 aromatic rings. The maximum Gasteiger partial charge on any atom is 0.174 e. The molecule has 1 N–H and O–H groups in total. The summed E-state index contributed by atoms with van der Waals surface area (Å²) in [6.07, 6.45) is 4.72. The van der Waals surface area contributed by atoms with Gasteiger partial charge in [0.2, 0.25) is 0 Å². The fourth-order valence-corrected chi connectivity index (χ4v) is 2.01. The topological polar surface area (TPSA) is 45.0 Å². The maximum atomic E-state index is 8.49. The first kappa shape index (κ1) is 14.4. The second-order valence-corrected chi connectivity index (χ2v) is 4.39. The molecule has 0 unspecified atom stereocenters. The van der Waals surface area contributed by atoms with Crippen molar-refractivity contribution in [2.45, 2.75) is 45.6 Å². The van der Waals surface area contributed by atoms with Gasteiger partial charge in [0, 0.05) is 17.8 Å². The summed E-state index contributed by atoms with van der Waals surface area (Å²) in [5, 5.41) is 12.0. The van der Waals surface area contributed by atoms with Crippen molar-refractivity contribution in [1.29, 1.82) is 5.26 Å². The quantitative estimate of drug-likeness (QED) is 0.755. The lowest BCUT2D eigenvalue weighted by Gasteiger charge is -2.19. The van der Waals surface area contributed by atoms with E-state index in [0.29, 0.717) is 6.04 Å². The molecule has 0 radical (unpaired) electrons. The van der Waals surface area contributed by atoms with Gasteiger partial charge < -0.3 is 10.1 Å². The zero-order valence-corrected chi connectivity index (χ0v) is 11.3. The Morgan fingerprint density at radius 3 is 2.61 bits per heavy atom. The molecule has 0 aliphatic carbocycles. The smallest absolute Gasteiger partial charge is 0.174 e. The van der Waals surface area contributed by atoms with Gasteiger partial charge in [-0.05, 0) is 25.0 Å². The molecule has 18 heavy (non-hydrogen) atoms.